The Labute approximate surface area is 143 Å². The topological polar surface area (TPSA) is 132 Å². The molecule has 1 atom stereocenters. The Morgan fingerprint density at radius 1 is 1.16 bits per heavy atom. The fourth-order valence-electron chi connectivity index (χ4n) is 2.11. The second-order valence-electron chi connectivity index (χ2n) is 5.29. The van der Waals surface area contributed by atoms with Gasteiger partial charge in [-0.3, -0.25) is 9.59 Å². The lowest BCUT2D eigenvalue weighted by Crippen LogP contribution is -2.49. The first-order chi connectivity index (χ1) is 12.0. The molecule has 0 saturated heterocycles. The largest absolute Gasteiger partial charge is 0.548 e. The first-order valence-corrected chi connectivity index (χ1v) is 7.55. The fourth-order valence-corrected chi connectivity index (χ4v) is 2.11. The summed E-state index contributed by atoms with van der Waals surface area (Å²) in [6.07, 6.45) is 1.29. The summed E-state index contributed by atoms with van der Waals surface area (Å²) in [5.74, 6) is -2.22. The Bertz CT molecular complexity index is 724. The maximum atomic E-state index is 11.9. The summed E-state index contributed by atoms with van der Waals surface area (Å²) in [5.41, 5.74) is 0.624. The quantitative estimate of drug-likeness (QED) is 0.595. The number of carbonyl (C=O) groups excluding carboxylic acids is 3. The molecule has 2 aromatic rings. The Morgan fingerprint density at radius 2 is 1.88 bits per heavy atom. The number of carbonyl (C=O) groups is 3. The van der Waals surface area contributed by atoms with Gasteiger partial charge in [0.25, 0.3) is 5.91 Å². The predicted molar refractivity (Wildman–Crippen MR) is 84.4 cm³/mol. The van der Waals surface area contributed by atoms with E-state index in [1.165, 1.54) is 24.5 Å². The van der Waals surface area contributed by atoms with Crippen LogP contribution in [0.25, 0.3) is 0 Å². The van der Waals surface area contributed by atoms with Crippen molar-refractivity contribution in [1.29, 1.82) is 0 Å². The zero-order valence-corrected chi connectivity index (χ0v) is 13.2. The van der Waals surface area contributed by atoms with Gasteiger partial charge in [0, 0.05) is 13.0 Å². The van der Waals surface area contributed by atoms with Crippen molar-refractivity contribution in [1.82, 2.24) is 10.6 Å². The maximum Gasteiger partial charge on any atom is 0.286 e. The molecule has 0 fully saturated rings. The molecule has 0 spiro atoms. The summed E-state index contributed by atoms with van der Waals surface area (Å²) in [6.45, 7) is 0.0321. The van der Waals surface area contributed by atoms with Gasteiger partial charge in [-0.15, -0.1) is 0 Å². The molecule has 132 valence electrons. The van der Waals surface area contributed by atoms with Crippen LogP contribution in [0.5, 0.6) is 5.75 Å². The molecular weight excluding hydrogens is 328 g/mol. The number of aliphatic carboxylic acids is 1. The van der Waals surface area contributed by atoms with E-state index in [4.69, 9.17) is 4.42 Å². The van der Waals surface area contributed by atoms with Crippen LogP contribution < -0.4 is 15.7 Å². The highest BCUT2D eigenvalue weighted by molar-refractivity contribution is 5.91. The Balaban J connectivity index is 1.80. The van der Waals surface area contributed by atoms with Crippen LogP contribution in [0.4, 0.5) is 0 Å². The number of carboxylic acids is 1. The molecule has 2 rings (SSSR count). The molecular formula is C17H17N2O6-. The maximum absolute atomic E-state index is 11.9. The van der Waals surface area contributed by atoms with Crippen LogP contribution in [0.1, 0.15) is 22.5 Å². The SMILES string of the molecule is O=C(CCNC(=O)c1ccco1)N[C@H](Cc1ccc(O)cc1)C(=O)[O-]. The standard InChI is InChI=1S/C17H18N2O6/c20-12-5-3-11(4-6-12)10-13(17(23)24)19-15(21)7-8-18-16(22)14-2-1-9-25-14/h1-6,9,13,20H,7-8,10H2,(H,18,22)(H,19,21)(H,23,24)/p-1/t13-/m1/s1. The van der Waals surface area contributed by atoms with Gasteiger partial charge in [-0.2, -0.15) is 0 Å². The minimum Gasteiger partial charge on any atom is -0.548 e. The molecule has 1 aromatic carbocycles. The van der Waals surface area contributed by atoms with E-state index < -0.39 is 23.8 Å². The predicted octanol–water partition coefficient (Wildman–Crippen LogP) is -0.417. The molecule has 0 aliphatic rings. The van der Waals surface area contributed by atoms with E-state index in [2.05, 4.69) is 10.6 Å². The molecule has 0 bridgehead atoms. The fraction of sp³-hybridized carbons (Fsp3) is 0.235. The Morgan fingerprint density at radius 3 is 2.48 bits per heavy atom. The number of aromatic hydroxyl groups is 1. The number of phenols is 1. The normalized spacial score (nSPS) is 11.5. The molecule has 0 unspecified atom stereocenters. The number of rotatable bonds is 8. The molecule has 0 saturated carbocycles. The van der Waals surface area contributed by atoms with Crippen LogP contribution in [-0.4, -0.2) is 35.5 Å². The van der Waals surface area contributed by atoms with E-state index in [0.717, 1.165) is 0 Å². The summed E-state index contributed by atoms with van der Waals surface area (Å²) in [6, 6.07) is 7.80. The van der Waals surface area contributed by atoms with Gasteiger partial charge >= 0.3 is 0 Å². The number of furan rings is 1. The number of phenolic OH excluding ortho intramolecular Hbond substituents is 1. The van der Waals surface area contributed by atoms with Gasteiger partial charge in [0.2, 0.25) is 5.91 Å². The number of carboxylic acid groups (broad SMARTS) is 1. The van der Waals surface area contributed by atoms with E-state index in [1.807, 2.05) is 0 Å². The average Bonchev–Trinajstić information content (AvgIpc) is 3.10. The molecule has 0 aliphatic carbocycles. The highest BCUT2D eigenvalue weighted by Crippen LogP contribution is 2.11. The van der Waals surface area contributed by atoms with Crippen LogP contribution in [0.2, 0.25) is 0 Å². The van der Waals surface area contributed by atoms with Crippen molar-refractivity contribution in [2.45, 2.75) is 18.9 Å². The lowest BCUT2D eigenvalue weighted by Gasteiger charge is -2.20. The third kappa shape index (κ3) is 5.69. The van der Waals surface area contributed by atoms with Crippen LogP contribution in [0.3, 0.4) is 0 Å². The van der Waals surface area contributed by atoms with Gasteiger partial charge in [-0.25, -0.2) is 0 Å². The molecule has 3 N–H and O–H groups in total. The third-order valence-corrected chi connectivity index (χ3v) is 3.38. The number of hydrogen-bond acceptors (Lipinski definition) is 6. The second kappa shape index (κ2) is 8.53. The summed E-state index contributed by atoms with van der Waals surface area (Å²) < 4.78 is 4.91. The Kier molecular flexibility index (Phi) is 6.16. The minimum absolute atomic E-state index is 0.0209. The van der Waals surface area contributed by atoms with Crippen molar-refractivity contribution in [3.05, 3.63) is 54.0 Å². The van der Waals surface area contributed by atoms with Gasteiger partial charge in [-0.1, -0.05) is 12.1 Å². The zero-order chi connectivity index (χ0) is 18.2. The molecule has 8 heteroatoms. The van der Waals surface area contributed by atoms with E-state index in [1.54, 1.807) is 18.2 Å². The first kappa shape index (κ1) is 18.1. The number of nitrogens with one attached hydrogen (secondary N) is 2. The average molecular weight is 345 g/mol. The molecule has 0 aliphatic heterocycles. The minimum atomic E-state index is -1.42. The van der Waals surface area contributed by atoms with Gasteiger partial charge in [0.15, 0.2) is 5.76 Å². The van der Waals surface area contributed by atoms with E-state index in [0.29, 0.717) is 5.56 Å². The molecule has 0 radical (unpaired) electrons. The molecule has 2 amide bonds. The van der Waals surface area contributed by atoms with Gasteiger partial charge in [-0.05, 0) is 36.2 Å². The summed E-state index contributed by atoms with van der Waals surface area (Å²) in [7, 11) is 0. The van der Waals surface area contributed by atoms with Gasteiger partial charge < -0.3 is 30.1 Å². The summed E-state index contributed by atoms with van der Waals surface area (Å²) in [5, 5.41) is 25.2. The first-order valence-electron chi connectivity index (χ1n) is 7.55. The molecule has 1 heterocycles. The lowest BCUT2D eigenvalue weighted by atomic mass is 10.1. The van der Waals surface area contributed by atoms with Gasteiger partial charge in [0.1, 0.15) is 5.75 Å². The van der Waals surface area contributed by atoms with Crippen molar-refractivity contribution >= 4 is 17.8 Å². The van der Waals surface area contributed by atoms with Crippen molar-refractivity contribution < 1.29 is 29.0 Å². The van der Waals surface area contributed by atoms with Crippen LogP contribution in [-0.2, 0) is 16.0 Å². The van der Waals surface area contributed by atoms with Crippen LogP contribution in [0, 0.1) is 0 Å². The van der Waals surface area contributed by atoms with Gasteiger partial charge in [0.05, 0.1) is 18.3 Å². The third-order valence-electron chi connectivity index (χ3n) is 3.38. The lowest BCUT2D eigenvalue weighted by molar-refractivity contribution is -0.308. The molecule has 8 nitrogen and oxygen atoms in total. The van der Waals surface area contributed by atoms with Crippen molar-refractivity contribution in [3.8, 4) is 5.75 Å². The van der Waals surface area contributed by atoms with Crippen molar-refractivity contribution in [2.75, 3.05) is 6.54 Å². The van der Waals surface area contributed by atoms with Crippen molar-refractivity contribution in [2.24, 2.45) is 0 Å². The van der Waals surface area contributed by atoms with E-state index in [-0.39, 0.29) is 30.9 Å². The van der Waals surface area contributed by atoms with E-state index >= 15 is 0 Å². The number of hydrogen-bond donors (Lipinski definition) is 3. The zero-order valence-electron chi connectivity index (χ0n) is 13.2. The molecule has 25 heavy (non-hydrogen) atoms. The highest BCUT2D eigenvalue weighted by atomic mass is 16.4. The van der Waals surface area contributed by atoms with Crippen LogP contribution >= 0.6 is 0 Å². The Hall–Kier alpha value is -3.29. The highest BCUT2D eigenvalue weighted by Gasteiger charge is 2.15. The summed E-state index contributed by atoms with van der Waals surface area (Å²) in [4.78, 5) is 34.7. The summed E-state index contributed by atoms with van der Waals surface area (Å²) >= 11 is 0. The van der Waals surface area contributed by atoms with Crippen LogP contribution in [0.15, 0.2) is 47.1 Å². The van der Waals surface area contributed by atoms with Crippen molar-refractivity contribution in [3.63, 3.8) is 0 Å². The molecule has 1 aromatic heterocycles. The van der Waals surface area contributed by atoms with E-state index in [9.17, 15) is 24.6 Å². The smallest absolute Gasteiger partial charge is 0.286 e. The monoisotopic (exact) mass is 345 g/mol. The second-order valence-corrected chi connectivity index (χ2v) is 5.29. The number of amides is 2. The number of benzene rings is 1.